The van der Waals surface area contributed by atoms with E-state index in [9.17, 15) is 33.4 Å². The van der Waals surface area contributed by atoms with E-state index in [0.29, 0.717) is 0 Å². The van der Waals surface area contributed by atoms with Crippen molar-refractivity contribution in [2.24, 2.45) is 0 Å². The van der Waals surface area contributed by atoms with Crippen LogP contribution in [0.15, 0.2) is 22.3 Å². The number of hydrogen-bond acceptors (Lipinski definition) is 4. The minimum absolute atomic E-state index is 1.34. The molecule has 11 heteroatoms. The Balaban J connectivity index is 3.61. The van der Waals surface area contributed by atoms with Gasteiger partial charge in [-0.25, -0.2) is 0 Å². The molecule has 1 unspecified atom stereocenters. The average molecular weight is 293 g/mol. The summed E-state index contributed by atoms with van der Waals surface area (Å²) in [6.45, 7) is 0. The summed E-state index contributed by atoms with van der Waals surface area (Å²) in [5.41, 5.74) is -3.35. The fourth-order valence-corrected chi connectivity index (χ4v) is 1.77. The van der Waals surface area contributed by atoms with Gasteiger partial charge in [0, 0.05) is 0 Å². The van der Waals surface area contributed by atoms with Crippen molar-refractivity contribution in [3.8, 4) is 0 Å². The van der Waals surface area contributed by atoms with Gasteiger partial charge in [-0.3, -0.25) is 20.2 Å². The van der Waals surface area contributed by atoms with Crippen LogP contribution in [0.1, 0.15) is 0 Å². The van der Waals surface area contributed by atoms with Gasteiger partial charge in [0.25, 0.3) is 11.5 Å². The zero-order chi connectivity index (χ0) is 13.5. The summed E-state index contributed by atoms with van der Waals surface area (Å²) in [5.74, 6) is -7.07. The highest BCUT2D eigenvalue weighted by Gasteiger charge is 2.60. The molecular weight excluding hydrogens is 292 g/mol. The Labute approximate surface area is 101 Å². The molecule has 0 spiro atoms. The first-order valence-electron chi connectivity index (χ1n) is 3.73. The molecule has 0 aromatic carbocycles. The molecule has 0 N–H and O–H groups in total. The molecule has 0 bridgehead atoms. The second-order valence-corrected chi connectivity index (χ2v) is 3.68. The molecule has 94 valence electrons. The van der Waals surface area contributed by atoms with Gasteiger partial charge in [0.15, 0.2) is 10.4 Å². The van der Waals surface area contributed by atoms with Gasteiger partial charge in [-0.05, 0) is 0 Å². The SMILES string of the molecule is O=[N+]([O-])C1=C(F)C(F)(F)C(Cl)C([N+](=O)[O-])=C1Cl. The molecule has 1 atom stereocenters. The number of rotatable bonds is 2. The molecule has 1 aliphatic rings. The molecule has 0 saturated heterocycles. The molecule has 0 amide bonds. The van der Waals surface area contributed by atoms with Crippen molar-refractivity contribution < 1.29 is 23.0 Å². The third-order valence-electron chi connectivity index (χ3n) is 1.87. The lowest BCUT2D eigenvalue weighted by molar-refractivity contribution is -0.444. The van der Waals surface area contributed by atoms with E-state index in [1.54, 1.807) is 0 Å². The van der Waals surface area contributed by atoms with Gasteiger partial charge in [0.1, 0.15) is 0 Å². The standard InChI is InChI=1S/C6HCl2F3N2O4/c7-1-2(12(14)15)4(8)6(10,11)5(9)3(1)13(16)17/h4H. The van der Waals surface area contributed by atoms with Crippen molar-refractivity contribution in [3.05, 3.63) is 42.5 Å². The minimum Gasteiger partial charge on any atom is -0.259 e. The second kappa shape index (κ2) is 4.15. The molecule has 0 fully saturated rings. The van der Waals surface area contributed by atoms with Crippen molar-refractivity contribution in [2.45, 2.75) is 11.3 Å². The normalized spacial score (nSPS) is 23.9. The van der Waals surface area contributed by atoms with Crippen LogP contribution in [0.4, 0.5) is 13.2 Å². The lowest BCUT2D eigenvalue weighted by Crippen LogP contribution is -2.39. The number of halogens is 5. The molecule has 0 radical (unpaired) electrons. The molecular formula is C6HCl2F3N2O4. The quantitative estimate of drug-likeness (QED) is 0.444. The van der Waals surface area contributed by atoms with Crippen LogP contribution in [-0.4, -0.2) is 21.1 Å². The third kappa shape index (κ3) is 1.95. The van der Waals surface area contributed by atoms with E-state index in [1.807, 2.05) is 0 Å². The summed E-state index contributed by atoms with van der Waals surface area (Å²) in [5, 5.41) is 16.7. The predicted molar refractivity (Wildman–Crippen MR) is 49.6 cm³/mol. The van der Waals surface area contributed by atoms with E-state index in [-0.39, 0.29) is 0 Å². The largest absolute Gasteiger partial charge is 0.332 e. The minimum atomic E-state index is -4.56. The summed E-state index contributed by atoms with van der Waals surface area (Å²) < 4.78 is 39.3. The highest BCUT2D eigenvalue weighted by Crippen LogP contribution is 2.46. The maximum Gasteiger partial charge on any atom is 0.332 e. The first-order chi connectivity index (χ1) is 7.62. The smallest absolute Gasteiger partial charge is 0.259 e. The van der Waals surface area contributed by atoms with Crippen LogP contribution in [0.5, 0.6) is 0 Å². The maximum absolute atomic E-state index is 13.1. The summed E-state index contributed by atoms with van der Waals surface area (Å²) in [7, 11) is 0. The molecule has 0 heterocycles. The number of nitro groups is 2. The van der Waals surface area contributed by atoms with Crippen molar-refractivity contribution in [2.75, 3.05) is 0 Å². The van der Waals surface area contributed by atoms with E-state index in [4.69, 9.17) is 23.2 Å². The van der Waals surface area contributed by atoms with Gasteiger partial charge in [-0.15, -0.1) is 11.6 Å². The Morgan fingerprint density at radius 3 is 2.06 bits per heavy atom. The van der Waals surface area contributed by atoms with Crippen molar-refractivity contribution >= 4 is 23.2 Å². The average Bonchev–Trinajstić information content (AvgIpc) is 2.14. The zero-order valence-corrected chi connectivity index (χ0v) is 9.01. The highest BCUT2D eigenvalue weighted by atomic mass is 35.5. The van der Waals surface area contributed by atoms with Gasteiger partial charge in [0.05, 0.1) is 9.85 Å². The van der Waals surface area contributed by atoms with Crippen LogP contribution in [0.25, 0.3) is 0 Å². The van der Waals surface area contributed by atoms with E-state index in [0.717, 1.165) is 0 Å². The van der Waals surface area contributed by atoms with Crippen molar-refractivity contribution in [1.82, 2.24) is 0 Å². The Bertz CT molecular complexity index is 476. The number of nitrogens with zero attached hydrogens (tertiary/aromatic N) is 2. The molecule has 0 aliphatic heterocycles. The van der Waals surface area contributed by atoms with Gasteiger partial charge in [0.2, 0.25) is 0 Å². The van der Waals surface area contributed by atoms with Gasteiger partial charge in [-0.1, -0.05) is 11.6 Å². The summed E-state index contributed by atoms with van der Waals surface area (Å²) in [6.07, 6.45) is 0. The fraction of sp³-hybridized carbons (Fsp3) is 0.333. The summed E-state index contributed by atoms with van der Waals surface area (Å²) in [4.78, 5) is 17.8. The molecule has 0 aromatic rings. The molecule has 6 nitrogen and oxygen atoms in total. The predicted octanol–water partition coefficient (Wildman–Crippen LogP) is 2.43. The Morgan fingerprint density at radius 2 is 1.71 bits per heavy atom. The fourth-order valence-electron chi connectivity index (χ4n) is 1.10. The van der Waals surface area contributed by atoms with E-state index in [2.05, 4.69) is 0 Å². The molecule has 0 aromatic heterocycles. The molecule has 0 saturated carbocycles. The number of hydrogen-bond donors (Lipinski definition) is 0. The van der Waals surface area contributed by atoms with Gasteiger partial charge >= 0.3 is 11.6 Å². The lowest BCUT2D eigenvalue weighted by atomic mass is 10.0. The topological polar surface area (TPSA) is 86.3 Å². The molecule has 17 heavy (non-hydrogen) atoms. The van der Waals surface area contributed by atoms with E-state index >= 15 is 0 Å². The number of allylic oxidation sites excluding steroid dienone is 3. The van der Waals surface area contributed by atoms with E-state index in [1.165, 1.54) is 0 Å². The monoisotopic (exact) mass is 292 g/mol. The van der Waals surface area contributed by atoms with Gasteiger partial charge in [-0.2, -0.15) is 13.2 Å². The number of alkyl halides is 3. The van der Waals surface area contributed by atoms with Gasteiger partial charge < -0.3 is 0 Å². The third-order valence-corrected chi connectivity index (χ3v) is 2.72. The highest BCUT2D eigenvalue weighted by molar-refractivity contribution is 6.33. The molecule has 1 aliphatic carbocycles. The van der Waals surface area contributed by atoms with Crippen LogP contribution in [-0.2, 0) is 0 Å². The van der Waals surface area contributed by atoms with E-state index < -0.39 is 43.4 Å². The Morgan fingerprint density at radius 1 is 1.24 bits per heavy atom. The van der Waals surface area contributed by atoms with Crippen LogP contribution in [0.2, 0.25) is 0 Å². The van der Waals surface area contributed by atoms with Crippen LogP contribution in [0.3, 0.4) is 0 Å². The summed E-state index contributed by atoms with van der Waals surface area (Å²) in [6, 6.07) is 0. The maximum atomic E-state index is 13.1. The van der Waals surface area contributed by atoms with Crippen LogP contribution in [0, 0.1) is 20.2 Å². The molecule has 1 rings (SSSR count). The Kier molecular flexibility index (Phi) is 3.35. The first-order valence-corrected chi connectivity index (χ1v) is 4.54. The van der Waals surface area contributed by atoms with Crippen LogP contribution >= 0.6 is 23.2 Å². The van der Waals surface area contributed by atoms with Crippen LogP contribution < -0.4 is 0 Å². The Hall–Kier alpha value is -1.35. The summed E-state index contributed by atoms with van der Waals surface area (Å²) >= 11 is 10.1. The second-order valence-electron chi connectivity index (χ2n) is 2.86. The van der Waals surface area contributed by atoms with Crippen molar-refractivity contribution in [3.63, 3.8) is 0 Å². The zero-order valence-electron chi connectivity index (χ0n) is 7.49. The lowest BCUT2D eigenvalue weighted by Gasteiger charge is -2.21. The first kappa shape index (κ1) is 13.7. The van der Waals surface area contributed by atoms with Crippen molar-refractivity contribution in [1.29, 1.82) is 0 Å².